The third kappa shape index (κ3) is 4.70. The number of halogens is 3. The van der Waals surface area contributed by atoms with Crippen LogP contribution in [0.2, 0.25) is 0 Å². The van der Waals surface area contributed by atoms with E-state index in [0.717, 1.165) is 37.1 Å². The molecule has 1 heterocycles. The van der Waals surface area contributed by atoms with Gasteiger partial charge in [0.1, 0.15) is 0 Å². The summed E-state index contributed by atoms with van der Waals surface area (Å²) in [5, 5.41) is 2.81. The maximum atomic E-state index is 12.7. The fourth-order valence-corrected chi connectivity index (χ4v) is 3.07. The van der Waals surface area contributed by atoms with Gasteiger partial charge in [-0.15, -0.1) is 0 Å². The number of carbonyl (C=O) groups is 1. The van der Waals surface area contributed by atoms with Crippen LogP contribution in [0, 0.1) is 5.92 Å². The molecule has 2 atom stereocenters. The van der Waals surface area contributed by atoms with Crippen LogP contribution in [0.3, 0.4) is 0 Å². The van der Waals surface area contributed by atoms with E-state index in [1.54, 1.807) is 0 Å². The molecule has 4 nitrogen and oxygen atoms in total. The number of likely N-dealkylation sites (tertiary alicyclic amines) is 1. The van der Waals surface area contributed by atoms with Crippen molar-refractivity contribution in [3.05, 3.63) is 35.4 Å². The summed E-state index contributed by atoms with van der Waals surface area (Å²) in [6.45, 7) is 4.28. The molecule has 1 aliphatic heterocycles. The number of rotatable bonds is 5. The van der Waals surface area contributed by atoms with Crippen LogP contribution >= 0.6 is 0 Å². The van der Waals surface area contributed by atoms with E-state index in [4.69, 9.17) is 5.73 Å². The van der Waals surface area contributed by atoms with Crippen molar-refractivity contribution in [1.82, 2.24) is 10.2 Å². The molecule has 1 aliphatic rings. The SMILES string of the molecule is CC(c1ccc(C(F)(F)F)cc1)N1CCCC(C(=O)NCCN)C1. The molecule has 0 aliphatic carbocycles. The van der Waals surface area contributed by atoms with Gasteiger partial charge in [0, 0.05) is 25.7 Å². The Balaban J connectivity index is 2.01. The van der Waals surface area contributed by atoms with Gasteiger partial charge >= 0.3 is 6.18 Å². The van der Waals surface area contributed by atoms with Crippen LogP contribution in [-0.4, -0.2) is 37.0 Å². The van der Waals surface area contributed by atoms with Crippen LogP contribution in [0.1, 0.15) is 36.9 Å². The second kappa shape index (κ2) is 7.98. The Kier molecular flexibility index (Phi) is 6.23. The van der Waals surface area contributed by atoms with E-state index in [-0.39, 0.29) is 17.9 Å². The van der Waals surface area contributed by atoms with E-state index in [9.17, 15) is 18.0 Å². The topological polar surface area (TPSA) is 58.4 Å². The van der Waals surface area contributed by atoms with Crippen molar-refractivity contribution >= 4 is 5.91 Å². The number of piperidine rings is 1. The van der Waals surface area contributed by atoms with Crippen LogP contribution < -0.4 is 11.1 Å². The number of alkyl halides is 3. The lowest BCUT2D eigenvalue weighted by molar-refractivity contribution is -0.137. The number of amides is 1. The molecular formula is C17H24F3N3O. The molecular weight excluding hydrogens is 319 g/mol. The second-order valence-corrected chi connectivity index (χ2v) is 6.21. The van der Waals surface area contributed by atoms with Crippen LogP contribution in [0.4, 0.5) is 13.2 Å². The highest BCUT2D eigenvalue weighted by atomic mass is 19.4. The lowest BCUT2D eigenvalue weighted by Gasteiger charge is -2.36. The van der Waals surface area contributed by atoms with Gasteiger partial charge in [0.25, 0.3) is 0 Å². The Morgan fingerprint density at radius 3 is 2.62 bits per heavy atom. The molecule has 0 saturated carbocycles. The first-order valence-electron chi connectivity index (χ1n) is 8.22. The van der Waals surface area contributed by atoms with Gasteiger partial charge in [0.15, 0.2) is 0 Å². The normalized spacial score (nSPS) is 20.6. The molecule has 0 spiro atoms. The first-order valence-corrected chi connectivity index (χ1v) is 8.22. The molecule has 2 rings (SSSR count). The van der Waals surface area contributed by atoms with Gasteiger partial charge < -0.3 is 11.1 Å². The Morgan fingerprint density at radius 2 is 2.04 bits per heavy atom. The second-order valence-electron chi connectivity index (χ2n) is 6.21. The van der Waals surface area contributed by atoms with Crippen LogP contribution in [-0.2, 0) is 11.0 Å². The minimum Gasteiger partial charge on any atom is -0.355 e. The molecule has 0 radical (unpaired) electrons. The number of carbonyl (C=O) groups excluding carboxylic acids is 1. The smallest absolute Gasteiger partial charge is 0.355 e. The predicted molar refractivity (Wildman–Crippen MR) is 86.2 cm³/mol. The molecule has 0 aromatic heterocycles. The number of nitrogens with one attached hydrogen (secondary N) is 1. The fourth-order valence-electron chi connectivity index (χ4n) is 3.07. The Hall–Kier alpha value is -1.60. The zero-order chi connectivity index (χ0) is 17.7. The Morgan fingerprint density at radius 1 is 1.38 bits per heavy atom. The maximum Gasteiger partial charge on any atom is 0.416 e. The molecule has 134 valence electrons. The summed E-state index contributed by atoms with van der Waals surface area (Å²) >= 11 is 0. The van der Waals surface area contributed by atoms with Gasteiger partial charge in [-0.25, -0.2) is 0 Å². The van der Waals surface area contributed by atoms with E-state index >= 15 is 0 Å². The van der Waals surface area contributed by atoms with E-state index in [0.29, 0.717) is 19.6 Å². The zero-order valence-corrected chi connectivity index (χ0v) is 13.8. The van der Waals surface area contributed by atoms with Crippen LogP contribution in [0.25, 0.3) is 0 Å². The highest BCUT2D eigenvalue weighted by Gasteiger charge is 2.31. The fraction of sp³-hybridized carbons (Fsp3) is 0.588. The number of nitrogens with two attached hydrogens (primary N) is 1. The summed E-state index contributed by atoms with van der Waals surface area (Å²) in [5.41, 5.74) is 5.58. The van der Waals surface area contributed by atoms with Crippen LogP contribution in [0.15, 0.2) is 24.3 Å². The third-order valence-electron chi connectivity index (χ3n) is 4.54. The van der Waals surface area contributed by atoms with Crippen molar-refractivity contribution < 1.29 is 18.0 Å². The van der Waals surface area contributed by atoms with E-state index in [2.05, 4.69) is 10.2 Å². The van der Waals surface area contributed by atoms with E-state index < -0.39 is 11.7 Å². The molecule has 2 unspecified atom stereocenters. The van der Waals surface area contributed by atoms with Gasteiger partial charge in [0.2, 0.25) is 5.91 Å². The molecule has 0 bridgehead atoms. The highest BCUT2D eigenvalue weighted by Crippen LogP contribution is 2.32. The minimum absolute atomic E-state index is 0.00442. The van der Waals surface area contributed by atoms with Gasteiger partial charge in [-0.2, -0.15) is 13.2 Å². The molecule has 3 N–H and O–H groups in total. The molecule has 24 heavy (non-hydrogen) atoms. The van der Waals surface area contributed by atoms with Gasteiger partial charge in [0.05, 0.1) is 11.5 Å². The number of hydrogen-bond donors (Lipinski definition) is 2. The average molecular weight is 343 g/mol. The highest BCUT2D eigenvalue weighted by molar-refractivity contribution is 5.78. The quantitative estimate of drug-likeness (QED) is 0.864. The van der Waals surface area contributed by atoms with E-state index in [1.165, 1.54) is 12.1 Å². The molecule has 7 heteroatoms. The van der Waals surface area contributed by atoms with E-state index in [1.807, 2.05) is 6.92 Å². The predicted octanol–water partition coefficient (Wildman–Crippen LogP) is 2.55. The zero-order valence-electron chi connectivity index (χ0n) is 13.8. The number of nitrogens with zero attached hydrogens (tertiary/aromatic N) is 1. The first kappa shape index (κ1) is 18.7. The molecule has 1 amide bonds. The van der Waals surface area contributed by atoms with Gasteiger partial charge in [-0.05, 0) is 44.0 Å². The van der Waals surface area contributed by atoms with Crippen molar-refractivity contribution in [3.8, 4) is 0 Å². The van der Waals surface area contributed by atoms with Crippen molar-refractivity contribution in [1.29, 1.82) is 0 Å². The molecule has 1 fully saturated rings. The average Bonchev–Trinajstić information content (AvgIpc) is 2.58. The van der Waals surface area contributed by atoms with Gasteiger partial charge in [-0.3, -0.25) is 9.69 Å². The summed E-state index contributed by atoms with van der Waals surface area (Å²) in [6, 6.07) is 5.23. The van der Waals surface area contributed by atoms with Crippen molar-refractivity contribution in [2.45, 2.75) is 32.0 Å². The Bertz CT molecular complexity index is 545. The van der Waals surface area contributed by atoms with Gasteiger partial charge in [-0.1, -0.05) is 12.1 Å². The van der Waals surface area contributed by atoms with Crippen molar-refractivity contribution in [2.75, 3.05) is 26.2 Å². The maximum absolute atomic E-state index is 12.7. The van der Waals surface area contributed by atoms with Crippen molar-refractivity contribution in [2.24, 2.45) is 11.7 Å². The Labute approximate surface area is 140 Å². The largest absolute Gasteiger partial charge is 0.416 e. The monoisotopic (exact) mass is 343 g/mol. The minimum atomic E-state index is -4.32. The lowest BCUT2D eigenvalue weighted by atomic mass is 9.94. The lowest BCUT2D eigenvalue weighted by Crippen LogP contribution is -2.44. The first-order chi connectivity index (χ1) is 11.3. The third-order valence-corrected chi connectivity index (χ3v) is 4.54. The summed E-state index contributed by atoms with van der Waals surface area (Å²) in [7, 11) is 0. The summed E-state index contributed by atoms with van der Waals surface area (Å²) in [6.07, 6.45) is -2.60. The molecule has 1 aromatic carbocycles. The standard InChI is InChI=1S/C17H24F3N3O/c1-12(13-4-6-15(7-5-13)17(18,19)20)23-10-2-3-14(11-23)16(24)22-9-8-21/h4-7,12,14H,2-3,8-11,21H2,1H3,(H,22,24). The molecule has 1 saturated heterocycles. The van der Waals surface area contributed by atoms with Crippen LogP contribution in [0.5, 0.6) is 0 Å². The number of hydrogen-bond acceptors (Lipinski definition) is 3. The van der Waals surface area contributed by atoms with Crippen molar-refractivity contribution in [3.63, 3.8) is 0 Å². The summed E-state index contributed by atoms with van der Waals surface area (Å²) in [5.74, 6) is -0.0908. The summed E-state index contributed by atoms with van der Waals surface area (Å²) in [4.78, 5) is 14.2. The summed E-state index contributed by atoms with van der Waals surface area (Å²) < 4.78 is 38.0. The number of benzene rings is 1. The molecule has 1 aromatic rings.